The summed E-state index contributed by atoms with van der Waals surface area (Å²) in [6.45, 7) is 1.51. The van der Waals surface area contributed by atoms with Crippen LogP contribution in [-0.4, -0.2) is 64.8 Å². The number of nitrogens with one attached hydrogen (secondary N) is 3. The van der Waals surface area contributed by atoms with Gasteiger partial charge in [0, 0.05) is 27.9 Å². The fraction of sp³-hybridized carbons (Fsp3) is 0.467. The van der Waals surface area contributed by atoms with E-state index in [0.717, 1.165) is 0 Å². The summed E-state index contributed by atoms with van der Waals surface area (Å²) in [5, 5.41) is 28.5. The summed E-state index contributed by atoms with van der Waals surface area (Å²) in [5.74, 6) is -4.12. The topological polar surface area (TPSA) is 154 Å². The van der Waals surface area contributed by atoms with Crippen molar-refractivity contribution >= 4 is 91.5 Å². The smallest absolute Gasteiger partial charge is 0.328 e. The number of ether oxygens (including phenoxy) is 1. The van der Waals surface area contributed by atoms with Crippen LogP contribution < -0.4 is 16.0 Å². The van der Waals surface area contributed by atoms with Gasteiger partial charge in [-0.05, 0) is 74.7 Å². The van der Waals surface area contributed by atoms with Crippen LogP contribution in [0.1, 0.15) is 6.92 Å². The van der Waals surface area contributed by atoms with E-state index in [1.54, 1.807) is 52.1 Å². The lowest BCUT2D eigenvalue weighted by Gasteiger charge is -2.43. The second-order valence-electron chi connectivity index (χ2n) is 5.47. The molecule has 5 N–H and O–H groups in total. The summed E-state index contributed by atoms with van der Waals surface area (Å²) < 4.78 is 2.26. The van der Waals surface area contributed by atoms with Crippen molar-refractivity contribution in [3.63, 3.8) is 0 Å². The second-order valence-corrected chi connectivity index (χ2v) is 9.19. The Bertz CT molecular complexity index is 779. The number of halogens is 3. The van der Waals surface area contributed by atoms with Crippen LogP contribution in [0.15, 0.2) is 18.4 Å². The number of carboxylic acids is 1. The summed E-state index contributed by atoms with van der Waals surface area (Å²) in [7, 11) is 2.51. The Morgan fingerprint density at radius 2 is 1.79 bits per heavy atom. The summed E-state index contributed by atoms with van der Waals surface area (Å²) in [5.41, 5.74) is -2.99. The Kier molecular flexibility index (Phi) is 9.10. The number of likely N-dealkylation sites (N-methyl/N-ethyl adjacent to an activating group) is 1. The highest BCUT2D eigenvalue weighted by atomic mass is 127. The van der Waals surface area contributed by atoms with Crippen LogP contribution in [0.3, 0.4) is 0 Å². The van der Waals surface area contributed by atoms with Crippen molar-refractivity contribution in [3.8, 4) is 0 Å². The van der Waals surface area contributed by atoms with E-state index in [1.165, 1.54) is 36.7 Å². The Hall–Kier alpha value is -0.530. The largest absolute Gasteiger partial charge is 0.480 e. The number of carbonyl (C=O) groups excluding carboxylic acids is 3. The molecule has 0 aromatic carbocycles. The zero-order chi connectivity index (χ0) is 21.9. The molecule has 1 rings (SSSR count). The number of methoxy groups -OCH3 is 1. The number of hydrogen-bond acceptors (Lipinski definition) is 6. The Labute approximate surface area is 201 Å². The molecule has 0 spiro atoms. The molecular weight excluding hydrogens is 715 g/mol. The van der Waals surface area contributed by atoms with Crippen molar-refractivity contribution in [2.45, 2.75) is 10.5 Å². The van der Waals surface area contributed by atoms with E-state index in [-0.39, 0.29) is 31.6 Å². The number of carboxylic acid groups (broad SMARTS) is 1. The van der Waals surface area contributed by atoms with Gasteiger partial charge in [0.25, 0.3) is 5.91 Å². The fourth-order valence-corrected chi connectivity index (χ4v) is 7.69. The number of allylic oxidation sites excluding steroid dienone is 1. The highest BCUT2D eigenvalue weighted by Gasteiger charge is 2.68. The average molecular weight is 733 g/mol. The molecule has 1 aliphatic carbocycles. The van der Waals surface area contributed by atoms with Crippen LogP contribution >= 0.6 is 67.8 Å². The standard InChI is InChI=1S/C15H18I3N3O7/c1-4-20-11(23)7-8(16)9(21-6(22)5-28-3)10(17)14(13(25)26,12(24)19-2)15(7,18)27/h27H,4-5H2,1-3H3,(H,19,24)(H,20,23)(H,21,22)(H,25,26). The predicted molar refractivity (Wildman–Crippen MR) is 124 cm³/mol. The maximum atomic E-state index is 12.8. The highest BCUT2D eigenvalue weighted by molar-refractivity contribution is 14.1. The van der Waals surface area contributed by atoms with Gasteiger partial charge in [0.1, 0.15) is 6.61 Å². The number of carbonyl (C=O) groups is 4. The van der Waals surface area contributed by atoms with Crippen molar-refractivity contribution in [2.24, 2.45) is 5.41 Å². The van der Waals surface area contributed by atoms with E-state index < -0.39 is 32.7 Å². The van der Waals surface area contributed by atoms with Gasteiger partial charge in [-0.15, -0.1) is 0 Å². The van der Waals surface area contributed by atoms with Crippen LogP contribution in [-0.2, 0) is 23.9 Å². The third kappa shape index (κ3) is 4.17. The van der Waals surface area contributed by atoms with E-state index in [9.17, 15) is 29.4 Å². The minimum Gasteiger partial charge on any atom is -0.480 e. The average Bonchev–Trinajstić information content (AvgIpc) is 2.58. The molecule has 0 fully saturated rings. The van der Waals surface area contributed by atoms with Crippen LogP contribution in [0.5, 0.6) is 0 Å². The molecule has 13 heteroatoms. The van der Waals surface area contributed by atoms with E-state index in [0.29, 0.717) is 0 Å². The monoisotopic (exact) mass is 733 g/mol. The lowest BCUT2D eigenvalue weighted by atomic mass is 9.73. The molecule has 0 aliphatic heterocycles. The van der Waals surface area contributed by atoms with E-state index >= 15 is 0 Å². The quantitative estimate of drug-likeness (QED) is 0.142. The third-order valence-corrected chi connectivity index (χ3v) is 7.58. The molecule has 28 heavy (non-hydrogen) atoms. The van der Waals surface area contributed by atoms with Gasteiger partial charge in [0.05, 0.1) is 11.3 Å². The number of alkyl halides is 1. The molecular formula is C15H18I3N3O7. The number of rotatable bonds is 7. The Morgan fingerprint density at radius 1 is 1.21 bits per heavy atom. The van der Waals surface area contributed by atoms with Crippen molar-refractivity contribution < 1.29 is 34.1 Å². The SMILES string of the molecule is CCNC(=O)C1=C(I)C(NC(=O)COC)=C(I)C(C(=O)O)(C(=O)NC)C1(O)I. The predicted octanol–water partition coefficient (Wildman–Crippen LogP) is 0.175. The van der Waals surface area contributed by atoms with Gasteiger partial charge in [-0.3, -0.25) is 19.2 Å². The Morgan fingerprint density at radius 3 is 2.21 bits per heavy atom. The van der Waals surface area contributed by atoms with E-state index in [4.69, 9.17) is 4.74 Å². The highest BCUT2D eigenvalue weighted by Crippen LogP contribution is 2.57. The lowest BCUT2D eigenvalue weighted by Crippen LogP contribution is -2.63. The van der Waals surface area contributed by atoms with Gasteiger partial charge in [-0.25, -0.2) is 0 Å². The van der Waals surface area contributed by atoms with Crippen molar-refractivity contribution in [1.82, 2.24) is 16.0 Å². The molecule has 2 atom stereocenters. The maximum absolute atomic E-state index is 12.8. The molecule has 0 saturated carbocycles. The fourth-order valence-electron chi connectivity index (χ4n) is 2.57. The molecule has 0 radical (unpaired) electrons. The van der Waals surface area contributed by atoms with Crippen molar-refractivity contribution in [2.75, 3.05) is 27.3 Å². The number of aliphatic hydroxyl groups is 1. The molecule has 1 aliphatic rings. The minimum absolute atomic E-state index is 0.0585. The minimum atomic E-state index is -2.58. The zero-order valence-electron chi connectivity index (χ0n) is 15.0. The number of aliphatic carboxylic acids is 1. The maximum Gasteiger partial charge on any atom is 0.328 e. The summed E-state index contributed by atoms with van der Waals surface area (Å²) >= 11 is 4.70. The van der Waals surface area contributed by atoms with Gasteiger partial charge in [-0.2, -0.15) is 0 Å². The molecule has 3 amide bonds. The van der Waals surface area contributed by atoms with E-state index in [1.807, 2.05) is 0 Å². The normalized spacial score (nSPS) is 24.7. The number of amides is 3. The molecule has 0 bridgehead atoms. The van der Waals surface area contributed by atoms with E-state index in [2.05, 4.69) is 16.0 Å². The molecule has 156 valence electrons. The first-order valence-corrected chi connectivity index (χ1v) is 10.9. The first-order chi connectivity index (χ1) is 12.9. The first kappa shape index (κ1) is 25.5. The van der Waals surface area contributed by atoms with Crippen LogP contribution in [0.25, 0.3) is 0 Å². The second kappa shape index (κ2) is 9.98. The summed E-state index contributed by atoms with van der Waals surface area (Å²) in [6, 6.07) is 0. The molecule has 2 unspecified atom stereocenters. The van der Waals surface area contributed by atoms with Crippen LogP contribution in [0.2, 0.25) is 0 Å². The number of hydrogen-bond donors (Lipinski definition) is 5. The van der Waals surface area contributed by atoms with Gasteiger partial charge in [-0.1, -0.05) is 0 Å². The van der Waals surface area contributed by atoms with Crippen LogP contribution in [0.4, 0.5) is 0 Å². The molecule has 0 saturated heterocycles. The van der Waals surface area contributed by atoms with Crippen molar-refractivity contribution in [1.29, 1.82) is 0 Å². The Balaban J connectivity index is 3.94. The molecule has 0 aromatic rings. The zero-order valence-corrected chi connectivity index (χ0v) is 21.5. The van der Waals surface area contributed by atoms with Gasteiger partial charge in [0.15, 0.2) is 3.61 Å². The van der Waals surface area contributed by atoms with Gasteiger partial charge >= 0.3 is 5.97 Å². The molecule has 10 nitrogen and oxygen atoms in total. The van der Waals surface area contributed by atoms with Crippen molar-refractivity contribution in [3.05, 3.63) is 18.4 Å². The molecule has 0 aromatic heterocycles. The summed E-state index contributed by atoms with van der Waals surface area (Å²) in [4.78, 5) is 49.8. The first-order valence-electron chi connectivity index (χ1n) is 7.69. The lowest BCUT2D eigenvalue weighted by molar-refractivity contribution is -0.159. The third-order valence-electron chi connectivity index (χ3n) is 3.81. The van der Waals surface area contributed by atoms with Crippen LogP contribution in [0, 0.1) is 5.41 Å². The van der Waals surface area contributed by atoms with Gasteiger partial charge < -0.3 is 30.9 Å². The molecule has 0 heterocycles. The van der Waals surface area contributed by atoms with Gasteiger partial charge in [0.2, 0.25) is 17.2 Å². The summed E-state index contributed by atoms with van der Waals surface area (Å²) in [6.07, 6.45) is 0.